The lowest BCUT2D eigenvalue weighted by Gasteiger charge is -2.38. The Balaban J connectivity index is 2.59. The van der Waals surface area contributed by atoms with Crippen LogP contribution in [-0.2, 0) is 0 Å². The van der Waals surface area contributed by atoms with Gasteiger partial charge in [-0.05, 0) is 31.9 Å². The fourth-order valence-electron chi connectivity index (χ4n) is 1.76. The molecule has 1 saturated heterocycles. The molecule has 5 heteroatoms. The molecule has 0 radical (unpaired) electrons. The van der Waals surface area contributed by atoms with Gasteiger partial charge < -0.3 is 17.8 Å². The van der Waals surface area contributed by atoms with E-state index in [0.29, 0.717) is 13.1 Å². The Morgan fingerprint density at radius 1 is 1.15 bits per heavy atom. The minimum absolute atomic E-state index is 0.554. The number of hydrogen-bond acceptors (Lipinski definition) is 1. The monoisotopic (exact) mass is 192 g/mol. The maximum atomic E-state index is 12.5. The van der Waals surface area contributed by atoms with Gasteiger partial charge in [-0.15, -0.1) is 12.7 Å². The predicted molar refractivity (Wildman–Crippen MR) is 48.5 cm³/mol. The van der Waals surface area contributed by atoms with E-state index in [-0.39, 0.29) is 0 Å². The minimum Gasteiger partial charge on any atom is -0.448 e. The molecule has 1 aliphatic heterocycles. The molecule has 0 saturated carbocycles. The first-order valence-electron chi connectivity index (χ1n) is 4.62. The molecule has 0 aliphatic carbocycles. The number of piperidine rings is 1. The highest BCUT2D eigenvalue weighted by Gasteiger charge is 2.37. The standard InChI is InChI=1S/C8H14BF3N/c1-2-8(9(10,11)12)13-6-4-3-5-7-13/h2,8H,1,3-7H2/q-1. The molecule has 0 aromatic carbocycles. The lowest BCUT2D eigenvalue weighted by atomic mass is 9.77. The molecule has 0 spiro atoms. The molecule has 0 bridgehead atoms. The molecule has 0 aromatic heterocycles. The Morgan fingerprint density at radius 2 is 1.69 bits per heavy atom. The van der Waals surface area contributed by atoms with Crippen molar-refractivity contribution in [2.24, 2.45) is 0 Å². The number of rotatable bonds is 3. The summed E-state index contributed by atoms with van der Waals surface area (Å²) < 4.78 is 37.4. The van der Waals surface area contributed by atoms with Crippen LogP contribution in [0.1, 0.15) is 19.3 Å². The van der Waals surface area contributed by atoms with Crippen LogP contribution >= 0.6 is 0 Å². The van der Waals surface area contributed by atoms with E-state index in [0.717, 1.165) is 25.3 Å². The molecule has 0 N–H and O–H groups in total. The van der Waals surface area contributed by atoms with Crippen molar-refractivity contribution in [1.82, 2.24) is 4.90 Å². The van der Waals surface area contributed by atoms with Crippen molar-refractivity contribution in [1.29, 1.82) is 0 Å². The first-order valence-corrected chi connectivity index (χ1v) is 4.62. The van der Waals surface area contributed by atoms with E-state index in [1.807, 2.05) is 0 Å². The average molecular weight is 192 g/mol. The van der Waals surface area contributed by atoms with Gasteiger partial charge in [0.25, 0.3) is 0 Å². The first-order chi connectivity index (χ1) is 6.05. The fourth-order valence-corrected chi connectivity index (χ4v) is 1.76. The van der Waals surface area contributed by atoms with Crippen LogP contribution in [0.2, 0.25) is 0 Å². The SMILES string of the molecule is C=CC(N1CCCCC1)[B-](F)(F)F. The highest BCUT2D eigenvalue weighted by atomic mass is 19.4. The van der Waals surface area contributed by atoms with Crippen LogP contribution < -0.4 is 0 Å². The second-order valence-electron chi connectivity index (χ2n) is 3.45. The van der Waals surface area contributed by atoms with E-state index in [1.54, 1.807) is 0 Å². The molecule has 1 heterocycles. The highest BCUT2D eigenvalue weighted by Crippen LogP contribution is 2.23. The third-order valence-corrected chi connectivity index (χ3v) is 2.44. The zero-order valence-electron chi connectivity index (χ0n) is 7.56. The van der Waals surface area contributed by atoms with Gasteiger partial charge >= 0.3 is 6.98 Å². The van der Waals surface area contributed by atoms with Crippen molar-refractivity contribution >= 4 is 6.98 Å². The Hall–Kier alpha value is -0.445. The van der Waals surface area contributed by atoms with E-state index >= 15 is 0 Å². The quantitative estimate of drug-likeness (QED) is 0.490. The van der Waals surface area contributed by atoms with E-state index in [1.165, 1.54) is 4.90 Å². The molecule has 1 fully saturated rings. The van der Waals surface area contributed by atoms with Crippen LogP contribution in [0.4, 0.5) is 12.9 Å². The second kappa shape index (κ2) is 4.18. The molecule has 76 valence electrons. The van der Waals surface area contributed by atoms with E-state index in [2.05, 4.69) is 6.58 Å². The summed E-state index contributed by atoms with van der Waals surface area (Å²) in [5.74, 6) is -1.39. The zero-order valence-corrected chi connectivity index (χ0v) is 7.56. The van der Waals surface area contributed by atoms with Crippen molar-refractivity contribution in [3.63, 3.8) is 0 Å². The van der Waals surface area contributed by atoms with Gasteiger partial charge in [0.1, 0.15) is 0 Å². The van der Waals surface area contributed by atoms with Gasteiger partial charge in [-0.3, -0.25) is 0 Å². The lowest BCUT2D eigenvalue weighted by molar-refractivity contribution is 0.200. The van der Waals surface area contributed by atoms with Crippen molar-refractivity contribution in [2.75, 3.05) is 13.1 Å². The van der Waals surface area contributed by atoms with E-state index in [9.17, 15) is 12.9 Å². The number of likely N-dealkylation sites (tertiary alicyclic amines) is 1. The van der Waals surface area contributed by atoms with Crippen molar-refractivity contribution < 1.29 is 12.9 Å². The van der Waals surface area contributed by atoms with Gasteiger partial charge in [0, 0.05) is 0 Å². The Morgan fingerprint density at radius 3 is 2.08 bits per heavy atom. The number of hydrogen-bond donors (Lipinski definition) is 0. The fraction of sp³-hybridized carbons (Fsp3) is 0.750. The molecule has 1 atom stereocenters. The summed E-state index contributed by atoms with van der Waals surface area (Å²) in [6, 6.07) is 0. The van der Waals surface area contributed by atoms with Crippen LogP contribution in [0.5, 0.6) is 0 Å². The zero-order chi connectivity index (χ0) is 9.90. The number of nitrogens with zero attached hydrogens (tertiary/aromatic N) is 1. The van der Waals surface area contributed by atoms with Gasteiger partial charge in [-0.1, -0.05) is 6.42 Å². The third kappa shape index (κ3) is 2.76. The molecule has 0 amide bonds. The molecule has 1 rings (SSSR count). The largest absolute Gasteiger partial charge is 0.498 e. The van der Waals surface area contributed by atoms with E-state index in [4.69, 9.17) is 0 Å². The first kappa shape index (κ1) is 10.6. The maximum Gasteiger partial charge on any atom is 0.498 e. The second-order valence-corrected chi connectivity index (χ2v) is 3.45. The normalized spacial score (nSPS) is 22.7. The lowest BCUT2D eigenvalue weighted by Crippen LogP contribution is -2.49. The molecular weight excluding hydrogens is 178 g/mol. The van der Waals surface area contributed by atoms with Gasteiger partial charge in [-0.25, -0.2) is 0 Å². The Bertz CT molecular complexity index is 175. The number of halogens is 3. The molecule has 0 aromatic rings. The molecular formula is C8H14BF3N-. The van der Waals surface area contributed by atoms with Gasteiger partial charge in [0.05, 0.1) is 0 Å². The van der Waals surface area contributed by atoms with Crippen LogP contribution in [0.15, 0.2) is 12.7 Å². The predicted octanol–water partition coefficient (Wildman–Crippen LogP) is 2.41. The Kier molecular flexibility index (Phi) is 3.42. The third-order valence-electron chi connectivity index (χ3n) is 2.44. The summed E-state index contributed by atoms with van der Waals surface area (Å²) in [5, 5.41) is 0. The summed E-state index contributed by atoms with van der Waals surface area (Å²) >= 11 is 0. The molecule has 1 unspecified atom stereocenters. The van der Waals surface area contributed by atoms with Crippen LogP contribution in [0.3, 0.4) is 0 Å². The topological polar surface area (TPSA) is 3.24 Å². The minimum atomic E-state index is -4.80. The van der Waals surface area contributed by atoms with Crippen molar-refractivity contribution in [2.45, 2.75) is 25.2 Å². The molecule has 13 heavy (non-hydrogen) atoms. The van der Waals surface area contributed by atoms with E-state index < -0.39 is 12.9 Å². The van der Waals surface area contributed by atoms with Crippen LogP contribution in [0, 0.1) is 0 Å². The van der Waals surface area contributed by atoms with Crippen molar-refractivity contribution in [3.8, 4) is 0 Å². The van der Waals surface area contributed by atoms with Gasteiger partial charge in [0.15, 0.2) is 0 Å². The highest BCUT2D eigenvalue weighted by molar-refractivity contribution is 6.60. The Labute approximate surface area is 76.7 Å². The summed E-state index contributed by atoms with van der Waals surface area (Å²) in [5.41, 5.74) is 0. The average Bonchev–Trinajstić information content (AvgIpc) is 2.05. The maximum absolute atomic E-state index is 12.5. The molecule has 1 nitrogen and oxygen atoms in total. The summed E-state index contributed by atoms with van der Waals surface area (Å²) in [4.78, 5) is 1.48. The summed E-state index contributed by atoms with van der Waals surface area (Å²) in [6.07, 6.45) is 3.81. The summed E-state index contributed by atoms with van der Waals surface area (Å²) in [7, 11) is 0. The van der Waals surface area contributed by atoms with Crippen molar-refractivity contribution in [3.05, 3.63) is 12.7 Å². The van der Waals surface area contributed by atoms with Gasteiger partial charge in [-0.2, -0.15) is 0 Å². The smallest absolute Gasteiger partial charge is 0.448 e. The molecule has 1 aliphatic rings. The van der Waals surface area contributed by atoms with Crippen LogP contribution in [-0.4, -0.2) is 30.9 Å². The van der Waals surface area contributed by atoms with Gasteiger partial charge in [0.2, 0.25) is 0 Å². The van der Waals surface area contributed by atoms with Crippen LogP contribution in [0.25, 0.3) is 0 Å². The summed E-state index contributed by atoms with van der Waals surface area (Å²) in [6.45, 7) is -0.433.